The van der Waals surface area contributed by atoms with Gasteiger partial charge in [0.2, 0.25) is 11.8 Å². The van der Waals surface area contributed by atoms with Gasteiger partial charge in [-0.1, -0.05) is 24.4 Å². The first-order valence-electron chi connectivity index (χ1n) is 7.92. The number of primary amides is 1. The molecule has 2 fully saturated rings. The van der Waals surface area contributed by atoms with E-state index in [1.165, 1.54) is 12.1 Å². The number of carbonyl (C=O) groups is 3. The molecule has 1 aliphatic carbocycles. The Morgan fingerprint density at radius 1 is 1.29 bits per heavy atom. The first kappa shape index (κ1) is 16.6. The molecule has 4 amide bonds. The molecule has 2 atom stereocenters. The average molecular weight is 351 g/mol. The molecule has 3 rings (SSSR count). The van der Waals surface area contributed by atoms with Gasteiger partial charge in [-0.3, -0.25) is 9.59 Å². The van der Waals surface area contributed by atoms with Crippen LogP contribution in [0.5, 0.6) is 0 Å². The van der Waals surface area contributed by atoms with Crippen LogP contribution in [0.3, 0.4) is 0 Å². The smallest absolute Gasteiger partial charge is 0.322 e. The lowest BCUT2D eigenvalue weighted by Crippen LogP contribution is -2.63. The molecular formula is C16H19ClN4O3. The molecule has 2 aliphatic rings. The number of carbonyl (C=O) groups excluding carboxylic acids is 3. The van der Waals surface area contributed by atoms with Crippen molar-refractivity contribution in [3.63, 3.8) is 0 Å². The van der Waals surface area contributed by atoms with Crippen LogP contribution < -0.4 is 16.4 Å². The molecule has 0 bridgehead atoms. The van der Waals surface area contributed by atoms with Crippen LogP contribution in [0, 0.1) is 0 Å². The highest BCUT2D eigenvalue weighted by atomic mass is 35.5. The Morgan fingerprint density at radius 3 is 2.75 bits per heavy atom. The third kappa shape index (κ3) is 3.31. The second-order valence-corrected chi connectivity index (χ2v) is 6.55. The van der Waals surface area contributed by atoms with Gasteiger partial charge in [-0.15, -0.1) is 0 Å². The molecule has 7 nitrogen and oxygen atoms in total. The number of nitrogens with zero attached hydrogens (tertiary/aromatic N) is 1. The molecule has 24 heavy (non-hydrogen) atoms. The molecule has 1 aliphatic heterocycles. The summed E-state index contributed by atoms with van der Waals surface area (Å²) in [5.41, 5.74) is 5.85. The monoisotopic (exact) mass is 350 g/mol. The fourth-order valence-electron chi connectivity index (χ4n) is 3.39. The van der Waals surface area contributed by atoms with E-state index < -0.39 is 5.91 Å². The number of nitrogens with one attached hydrogen (secondary N) is 2. The number of urea groups is 1. The standard InChI is InChI=1S/C16H19ClN4O3/c17-11-7-9(5-6-10(11)15(18)23)19-16(24)21-8-14(22)20-12-3-1-2-4-13(12)21/h5-7,12-13H,1-4,8H2,(H2,18,23)(H,19,24)(H,20,22)/t12-,13+/m0/s1. The zero-order valence-electron chi connectivity index (χ0n) is 13.0. The van der Waals surface area contributed by atoms with Crippen molar-refractivity contribution >= 4 is 35.1 Å². The van der Waals surface area contributed by atoms with E-state index in [2.05, 4.69) is 10.6 Å². The van der Waals surface area contributed by atoms with Crippen LogP contribution >= 0.6 is 11.6 Å². The zero-order valence-corrected chi connectivity index (χ0v) is 13.8. The molecule has 1 saturated heterocycles. The molecule has 0 aromatic heterocycles. The van der Waals surface area contributed by atoms with Gasteiger partial charge in [-0.05, 0) is 31.0 Å². The highest BCUT2D eigenvalue weighted by Crippen LogP contribution is 2.27. The normalized spacial score (nSPS) is 23.2. The van der Waals surface area contributed by atoms with Crippen LogP contribution in [0.4, 0.5) is 10.5 Å². The molecule has 4 N–H and O–H groups in total. The predicted octanol–water partition coefficient (Wildman–Crippen LogP) is 1.71. The molecule has 8 heteroatoms. The van der Waals surface area contributed by atoms with Crippen LogP contribution in [0.1, 0.15) is 36.0 Å². The first-order chi connectivity index (χ1) is 11.5. The summed E-state index contributed by atoms with van der Waals surface area (Å²) in [6.07, 6.45) is 3.86. The highest BCUT2D eigenvalue weighted by molar-refractivity contribution is 6.34. The van der Waals surface area contributed by atoms with Gasteiger partial charge in [-0.2, -0.15) is 0 Å². The highest BCUT2D eigenvalue weighted by Gasteiger charge is 2.38. The SMILES string of the molecule is NC(=O)c1ccc(NC(=O)N2CC(=O)N[C@H]3CCCC[C@H]32)cc1Cl. The number of benzene rings is 1. The molecule has 1 saturated carbocycles. The van der Waals surface area contributed by atoms with Crippen LogP contribution in [-0.4, -0.2) is 41.4 Å². The second kappa shape index (κ2) is 6.68. The summed E-state index contributed by atoms with van der Waals surface area (Å²) in [6.45, 7) is 0.0418. The number of hydrogen-bond donors (Lipinski definition) is 3. The lowest BCUT2D eigenvalue weighted by molar-refractivity contribution is -0.126. The minimum Gasteiger partial charge on any atom is -0.366 e. The zero-order chi connectivity index (χ0) is 17.3. The molecule has 1 aromatic carbocycles. The third-order valence-corrected chi connectivity index (χ3v) is 4.85. The van der Waals surface area contributed by atoms with E-state index in [1.807, 2.05) is 0 Å². The molecule has 0 spiro atoms. The van der Waals surface area contributed by atoms with E-state index in [1.54, 1.807) is 11.0 Å². The maximum absolute atomic E-state index is 12.6. The largest absolute Gasteiger partial charge is 0.366 e. The van der Waals surface area contributed by atoms with Crippen LogP contribution in [-0.2, 0) is 4.79 Å². The Balaban J connectivity index is 1.75. The van der Waals surface area contributed by atoms with Crippen LogP contribution in [0.15, 0.2) is 18.2 Å². The van der Waals surface area contributed by atoms with E-state index in [4.69, 9.17) is 17.3 Å². The second-order valence-electron chi connectivity index (χ2n) is 6.14. The van der Waals surface area contributed by atoms with Crippen molar-refractivity contribution in [2.45, 2.75) is 37.8 Å². The Kier molecular flexibility index (Phi) is 4.62. The van der Waals surface area contributed by atoms with Gasteiger partial charge in [0, 0.05) is 11.7 Å². The maximum atomic E-state index is 12.6. The minimum atomic E-state index is -0.629. The number of nitrogens with two attached hydrogens (primary N) is 1. The van der Waals surface area contributed by atoms with Gasteiger partial charge >= 0.3 is 6.03 Å². The topological polar surface area (TPSA) is 105 Å². The molecule has 1 aromatic rings. The van der Waals surface area contributed by atoms with Crippen molar-refractivity contribution in [3.05, 3.63) is 28.8 Å². The minimum absolute atomic E-state index is 0.0109. The van der Waals surface area contributed by atoms with Crippen molar-refractivity contribution in [1.82, 2.24) is 10.2 Å². The van der Waals surface area contributed by atoms with E-state index in [0.29, 0.717) is 5.69 Å². The molecule has 128 valence electrons. The van der Waals surface area contributed by atoms with E-state index in [9.17, 15) is 14.4 Å². The predicted molar refractivity (Wildman–Crippen MR) is 89.9 cm³/mol. The lowest BCUT2D eigenvalue weighted by atomic mass is 9.87. The lowest BCUT2D eigenvalue weighted by Gasteiger charge is -2.43. The van der Waals surface area contributed by atoms with Crippen LogP contribution in [0.2, 0.25) is 5.02 Å². The number of halogens is 1. The van der Waals surface area contributed by atoms with Gasteiger partial charge in [0.25, 0.3) is 0 Å². The number of amides is 4. The van der Waals surface area contributed by atoms with Gasteiger partial charge < -0.3 is 21.3 Å². The van der Waals surface area contributed by atoms with Crippen molar-refractivity contribution < 1.29 is 14.4 Å². The maximum Gasteiger partial charge on any atom is 0.322 e. The summed E-state index contributed by atoms with van der Waals surface area (Å²) >= 11 is 6.00. The van der Waals surface area contributed by atoms with Crippen molar-refractivity contribution in [3.8, 4) is 0 Å². The van der Waals surface area contributed by atoms with E-state index in [0.717, 1.165) is 25.7 Å². The summed E-state index contributed by atoms with van der Waals surface area (Å²) in [4.78, 5) is 37.2. The fourth-order valence-corrected chi connectivity index (χ4v) is 3.66. The van der Waals surface area contributed by atoms with E-state index in [-0.39, 0.29) is 41.2 Å². The first-order valence-corrected chi connectivity index (χ1v) is 8.30. The number of hydrogen-bond acceptors (Lipinski definition) is 3. The van der Waals surface area contributed by atoms with E-state index >= 15 is 0 Å². The average Bonchev–Trinajstić information content (AvgIpc) is 2.53. The van der Waals surface area contributed by atoms with Crippen molar-refractivity contribution in [2.75, 3.05) is 11.9 Å². The molecule has 0 unspecified atom stereocenters. The summed E-state index contributed by atoms with van der Waals surface area (Å²) in [5, 5.41) is 5.88. The number of fused-ring (bicyclic) bond motifs is 1. The van der Waals surface area contributed by atoms with Crippen molar-refractivity contribution in [1.29, 1.82) is 0 Å². The Bertz CT molecular complexity index is 694. The Morgan fingerprint density at radius 2 is 2.04 bits per heavy atom. The van der Waals surface area contributed by atoms with Gasteiger partial charge in [-0.25, -0.2) is 4.79 Å². The van der Waals surface area contributed by atoms with Crippen molar-refractivity contribution in [2.24, 2.45) is 5.73 Å². The van der Waals surface area contributed by atoms with Gasteiger partial charge in [0.1, 0.15) is 6.54 Å². The Hall–Kier alpha value is -2.28. The Labute approximate surface area is 144 Å². The molecular weight excluding hydrogens is 332 g/mol. The number of piperazine rings is 1. The fraction of sp³-hybridized carbons (Fsp3) is 0.438. The number of rotatable bonds is 2. The summed E-state index contributed by atoms with van der Waals surface area (Å²) in [5.74, 6) is -0.772. The van der Waals surface area contributed by atoms with Gasteiger partial charge in [0.15, 0.2) is 0 Å². The quantitative estimate of drug-likeness (QED) is 0.756. The summed E-state index contributed by atoms with van der Waals surface area (Å²) < 4.78 is 0. The molecule has 0 radical (unpaired) electrons. The van der Waals surface area contributed by atoms with Crippen LogP contribution in [0.25, 0.3) is 0 Å². The third-order valence-electron chi connectivity index (χ3n) is 4.54. The molecule has 1 heterocycles. The van der Waals surface area contributed by atoms with Gasteiger partial charge in [0.05, 0.1) is 16.6 Å². The number of anilines is 1. The summed E-state index contributed by atoms with van der Waals surface area (Å²) in [6, 6.07) is 4.19. The summed E-state index contributed by atoms with van der Waals surface area (Å²) in [7, 11) is 0.